The van der Waals surface area contributed by atoms with Gasteiger partial charge in [-0.3, -0.25) is 0 Å². The Hall–Kier alpha value is -2.88. The predicted octanol–water partition coefficient (Wildman–Crippen LogP) is 11.3. The molecule has 0 N–H and O–H groups in total. The zero-order valence-corrected chi connectivity index (χ0v) is 21.6. The van der Waals surface area contributed by atoms with Crippen molar-refractivity contribution in [1.29, 1.82) is 0 Å². The molecule has 0 unspecified atom stereocenters. The zero-order valence-electron chi connectivity index (χ0n) is 21.6. The molecule has 0 bridgehead atoms. The maximum atomic E-state index is 14.6. The van der Waals surface area contributed by atoms with Crippen LogP contribution in [0.2, 0.25) is 0 Å². The molecule has 0 heterocycles. The van der Waals surface area contributed by atoms with Gasteiger partial charge in [0.05, 0.1) is 0 Å². The van der Waals surface area contributed by atoms with Crippen molar-refractivity contribution in [2.75, 3.05) is 0 Å². The molecule has 0 radical (unpaired) electrons. The average molecular weight is 814 g/mol. The molecule has 1 aromatic carbocycles. The summed E-state index contributed by atoms with van der Waals surface area (Å²) < 4.78 is 404. The van der Waals surface area contributed by atoms with E-state index < -0.39 is 119 Å². The molecular weight excluding hydrogens is 810 g/mol. The van der Waals surface area contributed by atoms with Gasteiger partial charge < -0.3 is 0 Å². The Morgan fingerprint density at radius 1 is 0.220 bits per heavy atom. The number of alkyl halides is 30. The van der Waals surface area contributed by atoms with Gasteiger partial charge in [-0.25, -0.2) is 0 Å². The van der Waals surface area contributed by atoms with Crippen molar-refractivity contribution in [2.24, 2.45) is 0 Å². The van der Waals surface area contributed by atoms with E-state index in [1.54, 1.807) is 0 Å². The van der Waals surface area contributed by atoms with E-state index in [0.29, 0.717) is 0 Å². The van der Waals surface area contributed by atoms with E-state index >= 15 is 0 Å². The van der Waals surface area contributed by atoms with Crippen molar-refractivity contribution in [3.8, 4) is 0 Å². The lowest BCUT2D eigenvalue weighted by Crippen LogP contribution is -2.72. The minimum Gasteiger partial charge on any atom is -0.194 e. The highest BCUT2D eigenvalue weighted by Crippen LogP contribution is 2.67. The Bertz CT molecular complexity index is 1280. The van der Waals surface area contributed by atoms with Gasteiger partial charge in [0, 0.05) is 11.1 Å². The van der Waals surface area contributed by atoms with Crippen LogP contribution >= 0.6 is 0 Å². The molecule has 50 heavy (non-hydrogen) atoms. The van der Waals surface area contributed by atoms with Gasteiger partial charge in [-0.15, -0.1) is 0 Å². The third kappa shape index (κ3) is 5.35. The van der Waals surface area contributed by atoms with Gasteiger partial charge >= 0.3 is 83.4 Å². The minimum absolute atomic E-state index is 0.621. The van der Waals surface area contributed by atoms with Crippen LogP contribution in [0.1, 0.15) is 11.1 Å². The zero-order chi connectivity index (χ0) is 41.0. The molecular formula is C20H4F30. The lowest BCUT2D eigenvalue weighted by atomic mass is 9.83. The largest absolute Gasteiger partial charge is 0.460 e. The van der Waals surface area contributed by atoms with Crippen LogP contribution in [-0.4, -0.2) is 71.6 Å². The molecule has 0 saturated heterocycles. The van der Waals surface area contributed by atoms with Crippen LogP contribution in [0.5, 0.6) is 0 Å². The first-order valence-electron chi connectivity index (χ1n) is 11.0. The molecule has 0 fully saturated rings. The quantitative estimate of drug-likeness (QED) is 0.184. The standard InChI is InChI=1S/C20H4F30/c21-7(22,9(25,26)11(29,30)13(33,34)15(37,38)17(41,42)19(45,46)47)5-3-1-2-4-6(5)8(23,24)10(27,28)12(31,32)14(35,36)16(39,40)18(43,44)20(48,49)50/h1-4H. The third-order valence-electron chi connectivity index (χ3n) is 6.26. The number of benzene rings is 1. The molecule has 0 aliphatic heterocycles. The predicted molar refractivity (Wildman–Crippen MR) is 95.8 cm³/mol. The molecule has 1 rings (SSSR count). The Balaban J connectivity index is 4.12. The van der Waals surface area contributed by atoms with Crippen LogP contribution in [0.3, 0.4) is 0 Å². The van der Waals surface area contributed by atoms with Gasteiger partial charge in [-0.2, -0.15) is 132 Å². The van der Waals surface area contributed by atoms with Gasteiger partial charge in [-0.05, 0) is 0 Å². The maximum absolute atomic E-state index is 14.6. The monoisotopic (exact) mass is 814 g/mol. The molecule has 1 aromatic rings. The summed E-state index contributed by atoms with van der Waals surface area (Å²) in [5.41, 5.74) is -8.75. The van der Waals surface area contributed by atoms with E-state index in [-0.39, 0.29) is 0 Å². The number of rotatable bonds is 12. The fourth-order valence-corrected chi connectivity index (χ4v) is 3.30. The number of halogens is 30. The van der Waals surface area contributed by atoms with Crippen molar-refractivity contribution in [1.82, 2.24) is 0 Å². The van der Waals surface area contributed by atoms with E-state index in [2.05, 4.69) is 0 Å². The second kappa shape index (κ2) is 11.3. The first kappa shape index (κ1) is 45.1. The Morgan fingerprint density at radius 2 is 0.380 bits per heavy atom. The second-order valence-corrected chi connectivity index (χ2v) is 9.43. The molecule has 0 spiro atoms. The van der Waals surface area contributed by atoms with Gasteiger partial charge in [0.25, 0.3) is 0 Å². The SMILES string of the molecule is FC(F)(F)C(F)(F)C(F)(F)C(F)(F)C(F)(F)C(F)(F)C(F)(F)c1ccccc1C(F)(F)C(F)(F)C(F)(F)C(F)(F)C(F)(F)C(F)(F)C(F)(F)F. The van der Waals surface area contributed by atoms with E-state index in [1.807, 2.05) is 0 Å². The van der Waals surface area contributed by atoms with Crippen molar-refractivity contribution in [2.45, 2.75) is 83.4 Å². The molecule has 0 aromatic heterocycles. The Kier molecular flexibility index (Phi) is 10.2. The van der Waals surface area contributed by atoms with Crippen LogP contribution in [0.4, 0.5) is 132 Å². The molecule has 0 aliphatic carbocycles. The summed E-state index contributed by atoms with van der Waals surface area (Å²) in [6.07, 6.45) is -16.3. The highest BCUT2D eigenvalue weighted by Gasteiger charge is 2.95. The van der Waals surface area contributed by atoms with Crippen LogP contribution in [0.15, 0.2) is 24.3 Å². The average Bonchev–Trinajstić information content (AvgIpc) is 2.90. The van der Waals surface area contributed by atoms with Gasteiger partial charge in [-0.1, -0.05) is 24.3 Å². The minimum atomic E-state index is -9.16. The Morgan fingerprint density at radius 3 is 0.560 bits per heavy atom. The summed E-state index contributed by atoms with van der Waals surface area (Å²) >= 11 is 0. The summed E-state index contributed by atoms with van der Waals surface area (Å²) in [4.78, 5) is 0. The van der Waals surface area contributed by atoms with Crippen molar-refractivity contribution in [3.05, 3.63) is 35.4 Å². The fraction of sp³-hybridized carbons (Fsp3) is 0.700. The van der Waals surface area contributed by atoms with E-state index in [9.17, 15) is 132 Å². The third-order valence-corrected chi connectivity index (χ3v) is 6.26. The smallest absolute Gasteiger partial charge is 0.194 e. The number of hydrogen-bond donors (Lipinski definition) is 0. The van der Waals surface area contributed by atoms with Crippen LogP contribution in [0, 0.1) is 0 Å². The maximum Gasteiger partial charge on any atom is 0.460 e. The topological polar surface area (TPSA) is 0 Å². The molecule has 0 aliphatic rings. The summed E-state index contributed by atoms with van der Waals surface area (Å²) in [6, 6.07) is -4.26. The Labute approximate surface area is 252 Å². The van der Waals surface area contributed by atoms with Crippen LogP contribution in [0.25, 0.3) is 0 Å². The van der Waals surface area contributed by atoms with Crippen molar-refractivity contribution >= 4 is 0 Å². The van der Waals surface area contributed by atoms with E-state index in [1.165, 1.54) is 0 Å². The van der Waals surface area contributed by atoms with Crippen LogP contribution in [-0.2, 0) is 11.8 Å². The van der Waals surface area contributed by atoms with Crippen LogP contribution < -0.4 is 0 Å². The van der Waals surface area contributed by atoms with Gasteiger partial charge in [0.15, 0.2) is 0 Å². The molecule has 30 heteroatoms. The first-order valence-corrected chi connectivity index (χ1v) is 11.0. The van der Waals surface area contributed by atoms with E-state index in [0.717, 1.165) is 0 Å². The normalized spacial score (nSPS) is 16.6. The summed E-state index contributed by atoms with van der Waals surface area (Å²) in [7, 11) is 0. The highest BCUT2D eigenvalue weighted by molar-refractivity contribution is 5.39. The highest BCUT2D eigenvalue weighted by atomic mass is 19.4. The molecule has 0 amide bonds. The molecule has 0 saturated carbocycles. The summed E-state index contributed by atoms with van der Waals surface area (Å²) in [5.74, 6) is -106. The van der Waals surface area contributed by atoms with Gasteiger partial charge in [0.2, 0.25) is 0 Å². The fourth-order valence-electron chi connectivity index (χ4n) is 3.30. The first-order chi connectivity index (χ1) is 21.2. The summed E-state index contributed by atoms with van der Waals surface area (Å²) in [5, 5.41) is 0. The number of hydrogen-bond acceptors (Lipinski definition) is 0. The van der Waals surface area contributed by atoms with Crippen molar-refractivity contribution < 1.29 is 132 Å². The van der Waals surface area contributed by atoms with Crippen molar-refractivity contribution in [3.63, 3.8) is 0 Å². The molecule has 294 valence electrons. The van der Waals surface area contributed by atoms with E-state index in [4.69, 9.17) is 0 Å². The molecule has 0 atom stereocenters. The summed E-state index contributed by atoms with van der Waals surface area (Å²) in [6.45, 7) is 0. The van der Waals surface area contributed by atoms with Gasteiger partial charge in [0.1, 0.15) is 0 Å². The second-order valence-electron chi connectivity index (χ2n) is 9.43. The lowest BCUT2D eigenvalue weighted by Gasteiger charge is -2.43. The molecule has 0 nitrogen and oxygen atoms in total. The lowest BCUT2D eigenvalue weighted by molar-refractivity contribution is -0.455.